The third-order valence-electron chi connectivity index (χ3n) is 2.83. The average molecular weight is 351 g/mol. The summed E-state index contributed by atoms with van der Waals surface area (Å²) in [5.74, 6) is 1.96. The van der Waals surface area contributed by atoms with Gasteiger partial charge in [0.1, 0.15) is 11.5 Å². The number of aryl methyl sites for hydroxylation is 2. The molecule has 0 aliphatic heterocycles. The van der Waals surface area contributed by atoms with Crippen molar-refractivity contribution in [2.24, 2.45) is 0 Å². The van der Waals surface area contributed by atoms with E-state index in [-0.39, 0.29) is 5.91 Å². The number of nitrogens with zero attached hydrogens (tertiary/aromatic N) is 2. The zero-order chi connectivity index (χ0) is 15.5. The summed E-state index contributed by atoms with van der Waals surface area (Å²) in [4.78, 5) is 13.5. The van der Waals surface area contributed by atoms with Crippen LogP contribution in [0.1, 0.15) is 26.8 Å². The van der Waals surface area contributed by atoms with Gasteiger partial charge in [-0.25, -0.2) is 0 Å². The van der Waals surface area contributed by atoms with Gasteiger partial charge in [-0.2, -0.15) is 0 Å². The van der Waals surface area contributed by atoms with E-state index in [1.54, 1.807) is 36.1 Å². The molecule has 22 heavy (non-hydrogen) atoms. The van der Waals surface area contributed by atoms with E-state index < -0.39 is 0 Å². The van der Waals surface area contributed by atoms with Crippen LogP contribution in [0, 0.1) is 13.8 Å². The molecule has 0 aliphatic rings. The first-order valence-corrected chi connectivity index (χ1v) is 9.17. The average Bonchev–Trinajstić information content (AvgIpc) is 3.18. The summed E-state index contributed by atoms with van der Waals surface area (Å²) in [5.41, 5.74) is 0.528. The molecule has 1 N–H and O–H groups in total. The number of anilines is 1. The number of thiophene rings is 1. The molecule has 0 radical (unpaired) electrons. The number of carbonyl (C=O) groups is 1. The monoisotopic (exact) mass is 351 g/mol. The van der Waals surface area contributed by atoms with Crippen molar-refractivity contribution in [1.82, 2.24) is 10.2 Å². The highest BCUT2D eigenvalue weighted by Crippen LogP contribution is 2.29. The van der Waals surface area contributed by atoms with E-state index in [1.807, 2.05) is 13.0 Å². The van der Waals surface area contributed by atoms with Crippen LogP contribution in [0.4, 0.5) is 5.13 Å². The number of nitrogens with one attached hydrogen (secondary N) is 1. The molecule has 0 fully saturated rings. The number of hydrogen-bond donors (Lipinski definition) is 1. The Balaban J connectivity index is 1.61. The maximum Gasteiger partial charge on any atom is 0.261 e. The lowest BCUT2D eigenvalue weighted by atomic mass is 10.2. The first-order chi connectivity index (χ1) is 10.6. The Kier molecular flexibility index (Phi) is 4.60. The van der Waals surface area contributed by atoms with Crippen molar-refractivity contribution in [1.29, 1.82) is 0 Å². The van der Waals surface area contributed by atoms with Crippen molar-refractivity contribution in [2.45, 2.75) is 23.9 Å². The van der Waals surface area contributed by atoms with Gasteiger partial charge in [-0.05, 0) is 31.4 Å². The molecular formula is C14H13N3O2S3. The van der Waals surface area contributed by atoms with Crippen molar-refractivity contribution in [3.05, 3.63) is 45.5 Å². The molecule has 5 nitrogen and oxygen atoms in total. The predicted octanol–water partition coefficient (Wildman–Crippen LogP) is 4.35. The molecule has 3 heterocycles. The highest BCUT2D eigenvalue weighted by molar-refractivity contribution is 8.00. The van der Waals surface area contributed by atoms with Crippen LogP contribution >= 0.6 is 34.4 Å². The van der Waals surface area contributed by atoms with Crippen molar-refractivity contribution in [3.63, 3.8) is 0 Å². The molecule has 3 aromatic heterocycles. The largest absolute Gasteiger partial charge is 0.466 e. The van der Waals surface area contributed by atoms with E-state index in [2.05, 4.69) is 27.0 Å². The van der Waals surface area contributed by atoms with Crippen LogP contribution in [0.5, 0.6) is 0 Å². The third-order valence-corrected chi connectivity index (χ3v) is 5.91. The molecule has 0 aromatic carbocycles. The number of furan rings is 1. The minimum absolute atomic E-state index is 0.222. The first kappa shape index (κ1) is 15.3. The Morgan fingerprint density at radius 3 is 2.95 bits per heavy atom. The van der Waals surface area contributed by atoms with Crippen molar-refractivity contribution in [3.8, 4) is 0 Å². The molecule has 3 aromatic rings. The maximum absolute atomic E-state index is 12.2. The van der Waals surface area contributed by atoms with Gasteiger partial charge in [0.05, 0.1) is 5.56 Å². The number of aromatic nitrogens is 2. The van der Waals surface area contributed by atoms with E-state index in [4.69, 9.17) is 4.42 Å². The summed E-state index contributed by atoms with van der Waals surface area (Å²) in [6.07, 6.45) is 0. The molecule has 3 rings (SSSR count). The lowest BCUT2D eigenvalue weighted by molar-refractivity contribution is 0.102. The second-order valence-electron chi connectivity index (χ2n) is 4.52. The van der Waals surface area contributed by atoms with E-state index in [0.717, 1.165) is 10.1 Å². The molecule has 0 aliphatic carbocycles. The number of carbonyl (C=O) groups excluding carboxylic acids is 1. The fourth-order valence-corrected chi connectivity index (χ4v) is 4.39. The molecule has 0 unspecified atom stereocenters. The molecular weight excluding hydrogens is 338 g/mol. The fraction of sp³-hybridized carbons (Fsp3) is 0.214. The van der Waals surface area contributed by atoms with E-state index in [1.165, 1.54) is 16.2 Å². The number of rotatable bonds is 5. The summed E-state index contributed by atoms with van der Waals surface area (Å²) >= 11 is 4.70. The highest BCUT2D eigenvalue weighted by Gasteiger charge is 2.15. The van der Waals surface area contributed by atoms with Crippen LogP contribution in [0.3, 0.4) is 0 Å². The summed E-state index contributed by atoms with van der Waals surface area (Å²) in [6, 6.07) is 5.84. The Labute approximate surface area is 139 Å². The minimum Gasteiger partial charge on any atom is -0.466 e. The molecule has 114 valence electrons. The lowest BCUT2D eigenvalue weighted by Gasteiger charge is -1.98. The van der Waals surface area contributed by atoms with Gasteiger partial charge in [-0.1, -0.05) is 29.2 Å². The van der Waals surface area contributed by atoms with E-state index >= 15 is 0 Å². The van der Waals surface area contributed by atoms with Gasteiger partial charge in [0, 0.05) is 10.6 Å². The standard InChI is InChI=1S/C14H13N3O2S3/c1-8-6-11(9(2)19-8)12(18)15-13-16-17-14(22-13)21-7-10-4-3-5-20-10/h3-6H,7H2,1-2H3,(H,15,16,18). The van der Waals surface area contributed by atoms with Gasteiger partial charge >= 0.3 is 0 Å². The van der Waals surface area contributed by atoms with Crippen molar-refractivity contribution < 1.29 is 9.21 Å². The summed E-state index contributed by atoms with van der Waals surface area (Å²) in [5, 5.41) is 13.4. The van der Waals surface area contributed by atoms with Crippen LogP contribution in [-0.2, 0) is 5.75 Å². The van der Waals surface area contributed by atoms with Crippen molar-refractivity contribution in [2.75, 3.05) is 5.32 Å². The minimum atomic E-state index is -0.222. The van der Waals surface area contributed by atoms with Crippen molar-refractivity contribution >= 4 is 45.5 Å². The molecule has 0 spiro atoms. The van der Waals surface area contributed by atoms with Crippen LogP contribution < -0.4 is 5.32 Å². The quantitative estimate of drug-likeness (QED) is 0.546. The SMILES string of the molecule is Cc1cc(C(=O)Nc2nnc(SCc3cccs3)s2)c(C)o1. The summed E-state index contributed by atoms with van der Waals surface area (Å²) in [7, 11) is 0. The molecule has 0 bridgehead atoms. The Morgan fingerprint density at radius 1 is 1.41 bits per heavy atom. The Morgan fingerprint density at radius 2 is 2.27 bits per heavy atom. The van der Waals surface area contributed by atoms with E-state index in [9.17, 15) is 4.79 Å². The number of thioether (sulfide) groups is 1. The molecule has 1 amide bonds. The van der Waals surface area contributed by atoms with Gasteiger partial charge in [0.15, 0.2) is 4.34 Å². The van der Waals surface area contributed by atoms with Crippen LogP contribution in [0.25, 0.3) is 0 Å². The molecule has 8 heteroatoms. The van der Waals surface area contributed by atoms with Crippen LogP contribution in [0.2, 0.25) is 0 Å². The Hall–Kier alpha value is -1.64. The summed E-state index contributed by atoms with van der Waals surface area (Å²) in [6.45, 7) is 3.58. The van der Waals surface area contributed by atoms with Crippen LogP contribution in [0.15, 0.2) is 32.3 Å². The summed E-state index contributed by atoms with van der Waals surface area (Å²) < 4.78 is 6.20. The smallest absolute Gasteiger partial charge is 0.261 e. The zero-order valence-electron chi connectivity index (χ0n) is 12.0. The van der Waals surface area contributed by atoms with Gasteiger partial charge < -0.3 is 4.42 Å². The third kappa shape index (κ3) is 3.57. The second-order valence-corrected chi connectivity index (χ2v) is 7.75. The normalized spacial score (nSPS) is 10.8. The van der Waals surface area contributed by atoms with Gasteiger partial charge in [0.2, 0.25) is 5.13 Å². The lowest BCUT2D eigenvalue weighted by Crippen LogP contribution is -2.11. The van der Waals surface area contributed by atoms with E-state index in [0.29, 0.717) is 22.2 Å². The Bertz CT molecular complexity index is 777. The number of hydrogen-bond acceptors (Lipinski definition) is 7. The van der Waals surface area contributed by atoms with Gasteiger partial charge in [0.25, 0.3) is 5.91 Å². The predicted molar refractivity (Wildman–Crippen MR) is 89.9 cm³/mol. The molecule has 0 atom stereocenters. The fourth-order valence-electron chi connectivity index (χ4n) is 1.87. The second kappa shape index (κ2) is 6.64. The van der Waals surface area contributed by atoms with Gasteiger partial charge in [-0.3, -0.25) is 10.1 Å². The topological polar surface area (TPSA) is 68.0 Å². The first-order valence-electron chi connectivity index (χ1n) is 6.49. The molecule has 0 saturated heterocycles. The maximum atomic E-state index is 12.2. The zero-order valence-corrected chi connectivity index (χ0v) is 14.4. The van der Waals surface area contributed by atoms with Crippen LogP contribution in [-0.4, -0.2) is 16.1 Å². The van der Waals surface area contributed by atoms with Gasteiger partial charge in [-0.15, -0.1) is 21.5 Å². The highest BCUT2D eigenvalue weighted by atomic mass is 32.2. The number of amides is 1. The molecule has 0 saturated carbocycles.